The average molecular weight is 528 g/mol. The summed E-state index contributed by atoms with van der Waals surface area (Å²) in [7, 11) is 0. The number of aliphatic carboxylic acids is 1. The number of carboxylic acids is 1. The lowest BCUT2D eigenvalue weighted by Crippen LogP contribution is -2.26. The van der Waals surface area contributed by atoms with Crippen molar-refractivity contribution in [3.05, 3.63) is 89.5 Å². The van der Waals surface area contributed by atoms with Gasteiger partial charge in [-0.15, -0.1) is 0 Å². The van der Waals surface area contributed by atoms with E-state index in [2.05, 4.69) is 43.4 Å². The highest BCUT2D eigenvalue weighted by molar-refractivity contribution is 5.94. The Morgan fingerprint density at radius 3 is 1.95 bits per heavy atom. The molecule has 3 aromatic carbocycles. The maximum atomic E-state index is 12.8. The third-order valence-corrected chi connectivity index (χ3v) is 6.14. The molecule has 5 nitrogen and oxygen atoms in total. The number of alkyl halides is 3. The smallest absolute Gasteiger partial charge is 0.389 e. The van der Waals surface area contributed by atoms with E-state index in [-0.39, 0.29) is 25.8 Å². The summed E-state index contributed by atoms with van der Waals surface area (Å²) in [4.78, 5) is 22.8. The third kappa shape index (κ3) is 8.94. The fourth-order valence-corrected chi connectivity index (χ4v) is 3.97. The van der Waals surface area contributed by atoms with Crippen LogP contribution in [0, 0.1) is 0 Å². The van der Waals surface area contributed by atoms with Crippen molar-refractivity contribution >= 4 is 11.9 Å². The van der Waals surface area contributed by atoms with Crippen molar-refractivity contribution in [1.82, 2.24) is 5.32 Å². The highest BCUT2D eigenvalue weighted by Crippen LogP contribution is 2.31. The molecule has 202 valence electrons. The van der Waals surface area contributed by atoms with Crippen LogP contribution in [0.15, 0.2) is 72.8 Å². The van der Waals surface area contributed by atoms with Gasteiger partial charge in [-0.05, 0) is 65.3 Å². The minimum atomic E-state index is -4.25. The van der Waals surface area contributed by atoms with Crippen LogP contribution in [0.4, 0.5) is 13.2 Å². The van der Waals surface area contributed by atoms with Crippen LogP contribution in [0.3, 0.4) is 0 Å². The lowest BCUT2D eigenvalue weighted by molar-refractivity contribution is -0.137. The van der Waals surface area contributed by atoms with Crippen molar-refractivity contribution in [3.8, 4) is 16.9 Å². The van der Waals surface area contributed by atoms with Crippen LogP contribution in [-0.2, 0) is 4.79 Å². The van der Waals surface area contributed by atoms with E-state index in [0.29, 0.717) is 22.8 Å². The molecule has 0 aliphatic heterocycles. The number of benzene rings is 3. The van der Waals surface area contributed by atoms with Gasteiger partial charge in [-0.25, -0.2) is 0 Å². The molecule has 3 aromatic rings. The minimum absolute atomic E-state index is 0.00301. The largest absolute Gasteiger partial charge is 0.486 e. The number of nitrogens with one attached hydrogen (secondary N) is 1. The molecule has 1 atom stereocenters. The fourth-order valence-electron chi connectivity index (χ4n) is 3.97. The van der Waals surface area contributed by atoms with Gasteiger partial charge in [0, 0.05) is 18.5 Å². The first-order chi connectivity index (χ1) is 18.0. The molecule has 0 fully saturated rings. The van der Waals surface area contributed by atoms with Crippen LogP contribution in [-0.4, -0.2) is 29.7 Å². The number of hydrogen-bond acceptors (Lipinski definition) is 3. The Kier molecular flexibility index (Phi) is 9.93. The van der Waals surface area contributed by atoms with Gasteiger partial charge < -0.3 is 15.2 Å². The molecule has 0 radical (unpaired) electrons. The topological polar surface area (TPSA) is 75.6 Å². The Labute approximate surface area is 220 Å². The van der Waals surface area contributed by atoms with Crippen LogP contribution >= 0.6 is 0 Å². The second kappa shape index (κ2) is 13.1. The molecule has 3 rings (SSSR count). The summed E-state index contributed by atoms with van der Waals surface area (Å²) in [5, 5.41) is 11.2. The molecule has 2 N–H and O–H groups in total. The van der Waals surface area contributed by atoms with Gasteiger partial charge in [0.05, 0.1) is 6.42 Å². The Hall–Kier alpha value is -3.81. The highest BCUT2D eigenvalue weighted by atomic mass is 19.4. The Morgan fingerprint density at radius 2 is 1.42 bits per heavy atom. The van der Waals surface area contributed by atoms with E-state index in [4.69, 9.17) is 9.84 Å². The number of hydrogen-bond donors (Lipinski definition) is 2. The molecule has 0 aromatic heterocycles. The predicted octanol–water partition coefficient (Wildman–Crippen LogP) is 7.53. The van der Waals surface area contributed by atoms with Gasteiger partial charge in [-0.3, -0.25) is 9.59 Å². The van der Waals surface area contributed by atoms with E-state index in [0.717, 1.165) is 11.1 Å². The summed E-state index contributed by atoms with van der Waals surface area (Å²) in [5.74, 6) is -0.476. The molecule has 0 saturated carbocycles. The number of carbonyl (C=O) groups excluding carboxylic acids is 1. The monoisotopic (exact) mass is 527 g/mol. The zero-order chi connectivity index (χ0) is 27.7. The van der Waals surface area contributed by atoms with Crippen molar-refractivity contribution in [3.63, 3.8) is 0 Å². The molecule has 0 bridgehead atoms. The summed E-state index contributed by atoms with van der Waals surface area (Å²) in [6.45, 7) is 4.27. The molecular weight excluding hydrogens is 495 g/mol. The number of carbonyl (C=O) groups is 2. The maximum absolute atomic E-state index is 12.8. The van der Waals surface area contributed by atoms with Gasteiger partial charge in [-0.2, -0.15) is 13.2 Å². The fraction of sp³-hybridized carbons (Fsp3) is 0.333. The Balaban J connectivity index is 1.72. The number of amides is 1. The van der Waals surface area contributed by atoms with Gasteiger partial charge in [-0.1, -0.05) is 62.4 Å². The minimum Gasteiger partial charge on any atom is -0.486 e. The maximum Gasteiger partial charge on any atom is 0.389 e. The molecule has 0 saturated heterocycles. The normalized spacial score (nSPS) is 12.3. The summed E-state index contributed by atoms with van der Waals surface area (Å²) in [6, 6.07) is 22.1. The lowest BCUT2D eigenvalue weighted by Gasteiger charge is -2.21. The molecular formula is C30H32F3NO4. The van der Waals surface area contributed by atoms with E-state index in [1.54, 1.807) is 36.4 Å². The van der Waals surface area contributed by atoms with Gasteiger partial charge >= 0.3 is 12.1 Å². The van der Waals surface area contributed by atoms with Crippen molar-refractivity contribution in [2.45, 2.75) is 57.7 Å². The number of rotatable bonds is 12. The molecule has 1 unspecified atom stereocenters. The average Bonchev–Trinajstić information content (AvgIpc) is 2.88. The number of carboxylic acid groups (broad SMARTS) is 1. The zero-order valence-corrected chi connectivity index (χ0v) is 21.4. The quantitative estimate of drug-likeness (QED) is 0.255. The Morgan fingerprint density at radius 1 is 0.868 bits per heavy atom. The van der Waals surface area contributed by atoms with Gasteiger partial charge in [0.15, 0.2) is 0 Å². The van der Waals surface area contributed by atoms with Gasteiger partial charge in [0.1, 0.15) is 11.9 Å². The SMILES string of the molecule is CC(C)c1ccc(-c2ccc(OC(CCCC(F)(F)F)c3ccc(C(=O)NCCC(=O)O)cc3)cc2)cc1. The number of halogens is 3. The molecule has 0 aliphatic carbocycles. The summed E-state index contributed by atoms with van der Waals surface area (Å²) >= 11 is 0. The number of ether oxygens (including phenoxy) is 1. The van der Waals surface area contributed by atoms with Crippen LogP contribution in [0.2, 0.25) is 0 Å². The van der Waals surface area contributed by atoms with E-state index >= 15 is 0 Å². The molecule has 1 amide bonds. The van der Waals surface area contributed by atoms with Crippen molar-refractivity contribution < 1.29 is 32.6 Å². The van der Waals surface area contributed by atoms with Crippen LogP contribution in [0.25, 0.3) is 11.1 Å². The standard InChI is InChI=1S/C30H32F3NO4/c1-20(2)21-5-7-22(8-6-21)23-13-15-26(16-14-23)38-27(4-3-18-30(31,32)33)24-9-11-25(12-10-24)29(37)34-19-17-28(35)36/h5-16,20,27H,3-4,17-19H2,1-2H3,(H,34,37)(H,35,36). The van der Waals surface area contributed by atoms with E-state index < -0.39 is 30.6 Å². The van der Waals surface area contributed by atoms with Crippen LogP contribution in [0.5, 0.6) is 5.75 Å². The van der Waals surface area contributed by atoms with Crippen molar-refractivity contribution in [2.24, 2.45) is 0 Å². The molecule has 8 heteroatoms. The second-order valence-electron chi connectivity index (χ2n) is 9.44. The molecule has 0 aliphatic rings. The first-order valence-corrected chi connectivity index (χ1v) is 12.6. The first-order valence-electron chi connectivity index (χ1n) is 12.6. The predicted molar refractivity (Wildman–Crippen MR) is 140 cm³/mol. The van der Waals surface area contributed by atoms with Crippen LogP contribution in [0.1, 0.15) is 73.0 Å². The van der Waals surface area contributed by atoms with E-state index in [9.17, 15) is 22.8 Å². The molecule has 0 spiro atoms. The first kappa shape index (κ1) is 28.8. The van der Waals surface area contributed by atoms with E-state index in [1.165, 1.54) is 5.56 Å². The summed E-state index contributed by atoms with van der Waals surface area (Å²) in [5.41, 5.74) is 4.27. The zero-order valence-electron chi connectivity index (χ0n) is 21.4. The van der Waals surface area contributed by atoms with Gasteiger partial charge in [0.2, 0.25) is 0 Å². The summed E-state index contributed by atoms with van der Waals surface area (Å²) < 4.78 is 44.5. The van der Waals surface area contributed by atoms with E-state index in [1.807, 2.05) is 12.1 Å². The van der Waals surface area contributed by atoms with Crippen molar-refractivity contribution in [2.75, 3.05) is 6.54 Å². The van der Waals surface area contributed by atoms with Crippen LogP contribution < -0.4 is 10.1 Å². The molecule has 0 heterocycles. The van der Waals surface area contributed by atoms with Gasteiger partial charge in [0.25, 0.3) is 5.91 Å². The van der Waals surface area contributed by atoms with Crippen molar-refractivity contribution in [1.29, 1.82) is 0 Å². The highest BCUT2D eigenvalue weighted by Gasteiger charge is 2.27. The lowest BCUT2D eigenvalue weighted by atomic mass is 9.99. The summed E-state index contributed by atoms with van der Waals surface area (Å²) in [6.07, 6.45) is -5.97. The molecule has 38 heavy (non-hydrogen) atoms. The second-order valence-corrected chi connectivity index (χ2v) is 9.44. The third-order valence-electron chi connectivity index (χ3n) is 6.14. The Bertz CT molecular complexity index is 1190.